The van der Waals surface area contributed by atoms with E-state index in [2.05, 4.69) is 5.32 Å². The van der Waals surface area contributed by atoms with Crippen LogP contribution < -0.4 is 5.32 Å². The largest absolute Gasteiger partial charge is 0.312 e. The third-order valence-corrected chi connectivity index (χ3v) is 8.02. The Hall–Kier alpha value is -0.710. The highest BCUT2D eigenvalue weighted by Gasteiger charge is 2.30. The molecule has 2 rings (SSSR count). The summed E-state index contributed by atoms with van der Waals surface area (Å²) in [5.41, 5.74) is 0. The number of benzene rings is 1. The van der Waals surface area contributed by atoms with Crippen LogP contribution in [0.5, 0.6) is 0 Å². The molecule has 1 aromatic carbocycles. The summed E-state index contributed by atoms with van der Waals surface area (Å²) >= 11 is 0. The van der Waals surface area contributed by atoms with Crippen molar-refractivity contribution in [1.29, 1.82) is 0 Å². The first-order valence-corrected chi connectivity index (χ1v) is 10.9. The molecular formula is C15H26ClN3O4S2. The molecule has 0 saturated carbocycles. The molecule has 1 saturated heterocycles. The summed E-state index contributed by atoms with van der Waals surface area (Å²) in [6.07, 6.45) is 0. The second-order valence-corrected chi connectivity index (χ2v) is 9.66. The molecule has 0 amide bonds. The Labute approximate surface area is 156 Å². The first kappa shape index (κ1) is 22.3. The van der Waals surface area contributed by atoms with Crippen LogP contribution in [0, 0.1) is 0 Å². The summed E-state index contributed by atoms with van der Waals surface area (Å²) in [4.78, 5) is 0.0280. The quantitative estimate of drug-likeness (QED) is 0.758. The van der Waals surface area contributed by atoms with Gasteiger partial charge in [-0.1, -0.05) is 19.9 Å². The van der Waals surface area contributed by atoms with Crippen molar-refractivity contribution in [1.82, 2.24) is 13.9 Å². The fourth-order valence-electron chi connectivity index (χ4n) is 2.77. The predicted octanol–water partition coefficient (Wildman–Crippen LogP) is 1.12. The van der Waals surface area contributed by atoms with E-state index >= 15 is 0 Å². The lowest BCUT2D eigenvalue weighted by Gasteiger charge is -2.31. The van der Waals surface area contributed by atoms with E-state index in [1.807, 2.05) is 6.92 Å². The van der Waals surface area contributed by atoms with Gasteiger partial charge in [-0.2, -0.15) is 8.61 Å². The number of hydrogen-bond donors (Lipinski definition) is 1. The van der Waals surface area contributed by atoms with E-state index < -0.39 is 20.0 Å². The fraction of sp³-hybridized carbons (Fsp3) is 0.600. The molecule has 7 nitrogen and oxygen atoms in total. The van der Waals surface area contributed by atoms with Gasteiger partial charge in [-0.05, 0) is 25.1 Å². The van der Waals surface area contributed by atoms with Crippen molar-refractivity contribution in [2.75, 3.05) is 32.7 Å². The van der Waals surface area contributed by atoms with Crippen LogP contribution in [0.2, 0.25) is 0 Å². The molecule has 1 N–H and O–H groups in total. The van der Waals surface area contributed by atoms with Crippen LogP contribution in [0.15, 0.2) is 34.1 Å². The Bertz CT molecular complexity index is 780. The van der Waals surface area contributed by atoms with Crippen molar-refractivity contribution < 1.29 is 16.8 Å². The number of sulfonamides is 2. The maximum absolute atomic E-state index is 12.8. The summed E-state index contributed by atoms with van der Waals surface area (Å²) in [6.45, 7) is 7.43. The molecule has 1 aromatic rings. The number of piperazine rings is 1. The molecule has 0 aliphatic carbocycles. The summed E-state index contributed by atoms with van der Waals surface area (Å²) in [6, 6.07) is 5.69. The Morgan fingerprint density at radius 2 is 1.76 bits per heavy atom. The maximum atomic E-state index is 12.8. The summed E-state index contributed by atoms with van der Waals surface area (Å²) in [5.74, 6) is 0. The first-order chi connectivity index (χ1) is 11.2. The van der Waals surface area contributed by atoms with E-state index in [-0.39, 0.29) is 28.2 Å². The van der Waals surface area contributed by atoms with Gasteiger partial charge in [0.25, 0.3) is 0 Å². The van der Waals surface area contributed by atoms with Crippen LogP contribution in [0.25, 0.3) is 0 Å². The zero-order valence-corrected chi connectivity index (χ0v) is 17.1. The molecule has 0 aromatic heterocycles. The van der Waals surface area contributed by atoms with Crippen molar-refractivity contribution in [2.45, 2.75) is 36.6 Å². The smallest absolute Gasteiger partial charge is 0.243 e. The highest BCUT2D eigenvalue weighted by atomic mass is 35.5. The Balaban J connectivity index is 0.00000312. The number of rotatable bonds is 6. The normalized spacial score (nSPS) is 19.6. The van der Waals surface area contributed by atoms with Crippen LogP contribution in [0.3, 0.4) is 0 Å². The van der Waals surface area contributed by atoms with Gasteiger partial charge in [0.2, 0.25) is 20.0 Å². The second kappa shape index (κ2) is 8.79. The van der Waals surface area contributed by atoms with Crippen LogP contribution >= 0.6 is 12.4 Å². The number of halogens is 1. The first-order valence-electron chi connectivity index (χ1n) is 8.07. The van der Waals surface area contributed by atoms with Gasteiger partial charge in [0.15, 0.2) is 0 Å². The average molecular weight is 412 g/mol. The lowest BCUT2D eigenvalue weighted by molar-refractivity contribution is 0.310. The second-order valence-electron chi connectivity index (χ2n) is 5.78. The zero-order valence-electron chi connectivity index (χ0n) is 14.7. The molecule has 1 fully saturated rings. The van der Waals surface area contributed by atoms with Gasteiger partial charge in [-0.15, -0.1) is 12.4 Å². The Morgan fingerprint density at radius 1 is 1.16 bits per heavy atom. The summed E-state index contributed by atoms with van der Waals surface area (Å²) in [7, 11) is -7.39. The van der Waals surface area contributed by atoms with E-state index in [1.165, 1.54) is 32.9 Å². The fourth-order valence-corrected chi connectivity index (χ4v) is 5.93. The third-order valence-electron chi connectivity index (χ3n) is 4.12. The number of nitrogens with one attached hydrogen (secondary N) is 1. The molecule has 25 heavy (non-hydrogen) atoms. The molecule has 1 aliphatic heterocycles. The van der Waals surface area contributed by atoms with Crippen LogP contribution in [0.4, 0.5) is 0 Å². The van der Waals surface area contributed by atoms with Gasteiger partial charge >= 0.3 is 0 Å². The van der Waals surface area contributed by atoms with Gasteiger partial charge in [-0.3, -0.25) is 0 Å². The molecule has 1 atom stereocenters. The Morgan fingerprint density at radius 3 is 2.32 bits per heavy atom. The molecule has 10 heteroatoms. The third kappa shape index (κ3) is 4.72. The van der Waals surface area contributed by atoms with Gasteiger partial charge < -0.3 is 5.32 Å². The number of nitrogens with zero attached hydrogens (tertiary/aromatic N) is 2. The van der Waals surface area contributed by atoms with Crippen LogP contribution in [-0.2, 0) is 20.0 Å². The van der Waals surface area contributed by atoms with Crippen molar-refractivity contribution >= 4 is 32.5 Å². The minimum absolute atomic E-state index is 0. The van der Waals surface area contributed by atoms with Crippen molar-refractivity contribution in [2.24, 2.45) is 0 Å². The lowest BCUT2D eigenvalue weighted by Crippen LogP contribution is -2.51. The minimum atomic E-state index is -3.71. The molecule has 0 bridgehead atoms. The molecule has 1 unspecified atom stereocenters. The summed E-state index contributed by atoms with van der Waals surface area (Å²) < 4.78 is 53.6. The van der Waals surface area contributed by atoms with Gasteiger partial charge in [0.1, 0.15) is 0 Å². The topological polar surface area (TPSA) is 86.8 Å². The van der Waals surface area contributed by atoms with E-state index in [9.17, 15) is 16.8 Å². The highest BCUT2D eigenvalue weighted by molar-refractivity contribution is 7.90. The van der Waals surface area contributed by atoms with Gasteiger partial charge in [0.05, 0.1) is 9.79 Å². The lowest BCUT2D eigenvalue weighted by atomic mass is 10.3. The molecule has 144 valence electrons. The molecule has 0 spiro atoms. The van der Waals surface area contributed by atoms with Crippen LogP contribution in [-0.4, -0.2) is 64.2 Å². The monoisotopic (exact) mass is 411 g/mol. The molecule has 0 radical (unpaired) electrons. The highest BCUT2D eigenvalue weighted by Crippen LogP contribution is 2.22. The van der Waals surface area contributed by atoms with E-state index in [0.29, 0.717) is 32.7 Å². The number of hydrogen-bond acceptors (Lipinski definition) is 5. The predicted molar refractivity (Wildman–Crippen MR) is 100 cm³/mol. The van der Waals surface area contributed by atoms with Crippen molar-refractivity contribution in [3.63, 3.8) is 0 Å². The van der Waals surface area contributed by atoms with E-state index in [1.54, 1.807) is 13.8 Å². The van der Waals surface area contributed by atoms with Crippen LogP contribution in [0.1, 0.15) is 20.8 Å². The van der Waals surface area contributed by atoms with Crippen molar-refractivity contribution in [3.8, 4) is 0 Å². The van der Waals surface area contributed by atoms with E-state index in [0.717, 1.165) is 0 Å². The maximum Gasteiger partial charge on any atom is 0.243 e. The van der Waals surface area contributed by atoms with E-state index in [4.69, 9.17) is 0 Å². The van der Waals surface area contributed by atoms with Gasteiger partial charge in [0, 0.05) is 38.8 Å². The Kier molecular flexibility index (Phi) is 7.85. The average Bonchev–Trinajstić information content (AvgIpc) is 2.56. The minimum Gasteiger partial charge on any atom is -0.312 e. The molecular weight excluding hydrogens is 386 g/mol. The van der Waals surface area contributed by atoms with Gasteiger partial charge in [-0.25, -0.2) is 16.8 Å². The molecule has 1 heterocycles. The SMILES string of the molecule is CCN(CC)S(=O)(=O)c1cccc(S(=O)(=O)N2CCNC(C)C2)c1.Cl. The van der Waals surface area contributed by atoms with Crippen molar-refractivity contribution in [3.05, 3.63) is 24.3 Å². The molecule has 1 aliphatic rings. The zero-order chi connectivity index (χ0) is 18.0. The standard InChI is InChI=1S/C15H25N3O4S2.ClH/c1-4-17(5-2)23(19,20)14-7-6-8-15(11-14)24(21,22)18-10-9-16-13(3)12-18;/h6-8,11,13,16H,4-5,9-10,12H2,1-3H3;1H. The summed E-state index contributed by atoms with van der Waals surface area (Å²) in [5, 5.41) is 3.19.